The van der Waals surface area contributed by atoms with E-state index in [1.165, 1.54) is 12.8 Å². The smallest absolute Gasteiger partial charge is 0.223 e. The second kappa shape index (κ2) is 4.22. The van der Waals surface area contributed by atoms with Gasteiger partial charge in [0, 0.05) is 12.4 Å². The summed E-state index contributed by atoms with van der Waals surface area (Å²) in [4.78, 5) is 18.7. The Balaban J connectivity index is 2.14. The van der Waals surface area contributed by atoms with Crippen molar-refractivity contribution in [1.29, 1.82) is 0 Å². The molecule has 0 fully saturated rings. The summed E-state index contributed by atoms with van der Waals surface area (Å²) in [5.41, 5.74) is 0.928. The first-order chi connectivity index (χ1) is 6.88. The molecule has 1 heterocycles. The average Bonchev–Trinajstić information content (AvgIpc) is 2.59. The third-order valence-corrected chi connectivity index (χ3v) is 2.55. The number of Topliss-reactive ketones (excluding diaryl/α,β-unsaturated/α-hetero) is 1. The van der Waals surface area contributed by atoms with Gasteiger partial charge in [0.2, 0.25) is 5.78 Å². The van der Waals surface area contributed by atoms with Crippen LogP contribution in [0.2, 0.25) is 0 Å². The quantitative estimate of drug-likeness (QED) is 0.728. The van der Waals surface area contributed by atoms with Crippen LogP contribution in [0.15, 0.2) is 24.0 Å². The van der Waals surface area contributed by atoms with Crippen LogP contribution in [-0.2, 0) is 0 Å². The summed E-state index contributed by atoms with van der Waals surface area (Å²) in [6.45, 7) is 0. The first kappa shape index (κ1) is 9.19. The van der Waals surface area contributed by atoms with Crippen molar-refractivity contribution in [2.24, 2.45) is 0 Å². The first-order valence-electron chi connectivity index (χ1n) is 5.11. The second-order valence-corrected chi connectivity index (χ2v) is 3.60. The van der Waals surface area contributed by atoms with Crippen molar-refractivity contribution in [3.8, 4) is 0 Å². The molecule has 0 radical (unpaired) electrons. The van der Waals surface area contributed by atoms with Crippen LogP contribution in [0, 0.1) is 0 Å². The maximum absolute atomic E-state index is 11.9. The zero-order valence-corrected chi connectivity index (χ0v) is 8.12. The Labute approximate surface area is 83.2 Å². The van der Waals surface area contributed by atoms with Gasteiger partial charge in [-0.25, -0.2) is 4.98 Å². The number of ketones is 1. The van der Waals surface area contributed by atoms with Crippen molar-refractivity contribution < 1.29 is 4.79 Å². The van der Waals surface area contributed by atoms with Gasteiger partial charge in [0.25, 0.3) is 0 Å². The summed E-state index contributed by atoms with van der Waals surface area (Å²) in [5, 5.41) is 0. The summed E-state index contributed by atoms with van der Waals surface area (Å²) in [7, 11) is 0. The monoisotopic (exact) mass is 190 g/mol. The fourth-order valence-corrected chi connectivity index (χ4v) is 1.76. The molecule has 1 aromatic rings. The molecule has 0 spiro atoms. The molecule has 14 heavy (non-hydrogen) atoms. The van der Waals surface area contributed by atoms with E-state index >= 15 is 0 Å². The lowest BCUT2D eigenvalue weighted by Gasteiger charge is -2.00. The van der Waals surface area contributed by atoms with Crippen LogP contribution in [0.3, 0.4) is 0 Å². The molecule has 1 N–H and O–H groups in total. The van der Waals surface area contributed by atoms with Gasteiger partial charge in [-0.1, -0.05) is 12.5 Å². The molecule has 0 bridgehead atoms. The molecule has 1 aromatic heterocycles. The van der Waals surface area contributed by atoms with E-state index in [-0.39, 0.29) is 5.78 Å². The molecule has 1 aliphatic carbocycles. The number of aromatic amines is 1. The number of rotatable bonds is 2. The molecule has 0 saturated heterocycles. The van der Waals surface area contributed by atoms with Crippen LogP contribution in [0.1, 0.15) is 42.7 Å². The third-order valence-electron chi connectivity index (χ3n) is 2.55. The van der Waals surface area contributed by atoms with Crippen LogP contribution in [0.25, 0.3) is 0 Å². The zero-order valence-electron chi connectivity index (χ0n) is 8.12. The number of carbonyl (C=O) groups is 1. The number of carbonyl (C=O) groups excluding carboxylic acids is 1. The lowest BCUT2D eigenvalue weighted by Crippen LogP contribution is -2.05. The molecule has 0 aliphatic heterocycles. The van der Waals surface area contributed by atoms with Crippen LogP contribution in [0.4, 0.5) is 0 Å². The molecule has 0 saturated carbocycles. The number of nitrogens with zero attached hydrogens (tertiary/aromatic N) is 1. The number of hydrogen-bond acceptors (Lipinski definition) is 2. The van der Waals surface area contributed by atoms with Gasteiger partial charge in [-0.2, -0.15) is 0 Å². The van der Waals surface area contributed by atoms with E-state index in [0.29, 0.717) is 5.82 Å². The summed E-state index contributed by atoms with van der Waals surface area (Å²) in [6, 6.07) is 0. The molecule has 1 aliphatic rings. The number of imidazole rings is 1. The van der Waals surface area contributed by atoms with Crippen molar-refractivity contribution >= 4 is 5.78 Å². The van der Waals surface area contributed by atoms with Gasteiger partial charge in [-0.05, 0) is 31.3 Å². The molecule has 2 rings (SSSR count). The van der Waals surface area contributed by atoms with E-state index in [1.807, 2.05) is 0 Å². The van der Waals surface area contributed by atoms with Gasteiger partial charge in [0.15, 0.2) is 5.82 Å². The van der Waals surface area contributed by atoms with Crippen molar-refractivity contribution in [1.82, 2.24) is 9.97 Å². The Morgan fingerprint density at radius 3 is 3.07 bits per heavy atom. The van der Waals surface area contributed by atoms with Crippen molar-refractivity contribution in [2.75, 3.05) is 0 Å². The molecule has 0 amide bonds. The van der Waals surface area contributed by atoms with Crippen molar-refractivity contribution in [3.63, 3.8) is 0 Å². The maximum atomic E-state index is 11.9. The SMILES string of the molecule is O=C(C1=CCCCCC1)c1ncc[nH]1. The number of allylic oxidation sites excluding steroid dienone is 2. The number of nitrogens with one attached hydrogen (secondary N) is 1. The van der Waals surface area contributed by atoms with Gasteiger partial charge in [-0.15, -0.1) is 0 Å². The molecule has 3 nitrogen and oxygen atoms in total. The fourth-order valence-electron chi connectivity index (χ4n) is 1.76. The second-order valence-electron chi connectivity index (χ2n) is 3.60. The maximum Gasteiger partial charge on any atom is 0.223 e. The van der Waals surface area contributed by atoms with E-state index in [0.717, 1.165) is 24.8 Å². The van der Waals surface area contributed by atoms with Crippen molar-refractivity contribution in [2.45, 2.75) is 32.1 Å². The molecule has 0 unspecified atom stereocenters. The number of aromatic nitrogens is 2. The molecule has 3 heteroatoms. The van der Waals surface area contributed by atoms with Gasteiger partial charge in [0.1, 0.15) is 0 Å². The number of hydrogen-bond donors (Lipinski definition) is 1. The highest BCUT2D eigenvalue weighted by Crippen LogP contribution is 2.19. The lowest BCUT2D eigenvalue weighted by molar-refractivity contribution is 0.102. The Morgan fingerprint density at radius 2 is 2.29 bits per heavy atom. The summed E-state index contributed by atoms with van der Waals surface area (Å²) in [5.74, 6) is 0.537. The molecule has 74 valence electrons. The largest absolute Gasteiger partial charge is 0.342 e. The summed E-state index contributed by atoms with van der Waals surface area (Å²) in [6.07, 6.45) is 10.9. The van der Waals surface area contributed by atoms with E-state index < -0.39 is 0 Å². The molecule has 0 atom stereocenters. The van der Waals surface area contributed by atoms with Gasteiger partial charge in [-0.3, -0.25) is 4.79 Å². The highest BCUT2D eigenvalue weighted by Gasteiger charge is 2.14. The van der Waals surface area contributed by atoms with Crippen LogP contribution >= 0.6 is 0 Å². The topological polar surface area (TPSA) is 45.8 Å². The summed E-state index contributed by atoms with van der Waals surface area (Å²) >= 11 is 0. The van der Waals surface area contributed by atoms with E-state index in [1.54, 1.807) is 12.4 Å². The van der Waals surface area contributed by atoms with E-state index in [4.69, 9.17) is 0 Å². The molecular formula is C11H14N2O. The van der Waals surface area contributed by atoms with Crippen LogP contribution < -0.4 is 0 Å². The standard InChI is InChI=1S/C11H14N2O/c14-10(11-12-7-8-13-11)9-5-3-1-2-4-6-9/h5,7-8H,1-4,6H2,(H,12,13). The minimum atomic E-state index is 0.0666. The summed E-state index contributed by atoms with van der Waals surface area (Å²) < 4.78 is 0. The minimum absolute atomic E-state index is 0.0666. The first-order valence-corrected chi connectivity index (χ1v) is 5.11. The van der Waals surface area contributed by atoms with Crippen molar-refractivity contribution in [3.05, 3.63) is 29.9 Å². The Morgan fingerprint density at radius 1 is 1.36 bits per heavy atom. The zero-order chi connectivity index (χ0) is 9.80. The number of H-pyrrole nitrogens is 1. The van der Waals surface area contributed by atoms with Gasteiger partial charge >= 0.3 is 0 Å². The Kier molecular flexibility index (Phi) is 2.77. The predicted octanol–water partition coefficient (Wildman–Crippen LogP) is 2.48. The van der Waals surface area contributed by atoms with E-state index in [2.05, 4.69) is 16.0 Å². The lowest BCUT2D eigenvalue weighted by atomic mass is 10.1. The predicted molar refractivity (Wildman–Crippen MR) is 54.1 cm³/mol. The fraction of sp³-hybridized carbons (Fsp3) is 0.455. The average molecular weight is 190 g/mol. The molecule has 0 aromatic carbocycles. The minimum Gasteiger partial charge on any atom is -0.342 e. The highest BCUT2D eigenvalue weighted by atomic mass is 16.1. The third kappa shape index (κ3) is 1.92. The normalized spacial score (nSPS) is 17.3. The Bertz CT molecular complexity index is 338. The van der Waals surface area contributed by atoms with Gasteiger partial charge in [0.05, 0.1) is 0 Å². The van der Waals surface area contributed by atoms with Crippen LogP contribution in [-0.4, -0.2) is 15.8 Å². The van der Waals surface area contributed by atoms with Crippen LogP contribution in [0.5, 0.6) is 0 Å². The Hall–Kier alpha value is -1.38. The highest BCUT2D eigenvalue weighted by molar-refractivity contribution is 6.06. The van der Waals surface area contributed by atoms with Gasteiger partial charge < -0.3 is 4.98 Å². The van der Waals surface area contributed by atoms with E-state index in [9.17, 15) is 4.79 Å². The molecular weight excluding hydrogens is 176 g/mol.